The summed E-state index contributed by atoms with van der Waals surface area (Å²) in [5.74, 6) is 2.13. The van der Waals surface area contributed by atoms with Crippen LogP contribution in [0.2, 0.25) is 0 Å². The predicted molar refractivity (Wildman–Crippen MR) is 76.1 cm³/mol. The zero-order valence-electron chi connectivity index (χ0n) is 12.4. The highest BCUT2D eigenvalue weighted by Gasteiger charge is 2.20. The molecule has 0 aromatic carbocycles. The Morgan fingerprint density at radius 3 is 2.79 bits per heavy atom. The van der Waals surface area contributed by atoms with Gasteiger partial charge in [0, 0.05) is 32.3 Å². The Morgan fingerprint density at radius 1 is 1.42 bits per heavy atom. The molecule has 0 saturated carbocycles. The third kappa shape index (κ3) is 4.06. The van der Waals surface area contributed by atoms with Gasteiger partial charge in [-0.15, -0.1) is 0 Å². The van der Waals surface area contributed by atoms with Crippen LogP contribution in [-0.2, 0) is 17.8 Å². The summed E-state index contributed by atoms with van der Waals surface area (Å²) >= 11 is 0. The standard InChI is InChI=1S/C15H26N2O2/c1-4-16-10-13-9-15(19-12(13)2)11-17-7-5-14(18-3)6-8-17/h9,14,16H,4-8,10-11H2,1-3H3. The van der Waals surface area contributed by atoms with Gasteiger partial charge in [-0.05, 0) is 32.4 Å². The van der Waals surface area contributed by atoms with Crippen molar-refractivity contribution in [2.45, 2.75) is 45.9 Å². The summed E-state index contributed by atoms with van der Waals surface area (Å²) in [6.07, 6.45) is 2.69. The molecule has 0 bridgehead atoms. The van der Waals surface area contributed by atoms with Crippen molar-refractivity contribution in [3.63, 3.8) is 0 Å². The first-order valence-corrected chi connectivity index (χ1v) is 7.27. The molecule has 19 heavy (non-hydrogen) atoms. The van der Waals surface area contributed by atoms with Crippen molar-refractivity contribution in [3.05, 3.63) is 23.2 Å². The largest absolute Gasteiger partial charge is 0.465 e. The fourth-order valence-electron chi connectivity index (χ4n) is 2.62. The third-order valence-electron chi connectivity index (χ3n) is 3.88. The average molecular weight is 266 g/mol. The Morgan fingerprint density at radius 2 is 2.16 bits per heavy atom. The van der Waals surface area contributed by atoms with Gasteiger partial charge in [-0.1, -0.05) is 6.92 Å². The number of hydrogen-bond acceptors (Lipinski definition) is 4. The Labute approximate surface area is 116 Å². The molecule has 1 fully saturated rings. The molecule has 4 heteroatoms. The van der Waals surface area contributed by atoms with Crippen LogP contribution in [-0.4, -0.2) is 37.7 Å². The second kappa shape index (κ2) is 7.08. The molecule has 0 amide bonds. The Bertz CT molecular complexity index is 381. The van der Waals surface area contributed by atoms with Crippen LogP contribution in [0.4, 0.5) is 0 Å². The van der Waals surface area contributed by atoms with E-state index in [0.717, 1.165) is 57.1 Å². The summed E-state index contributed by atoms with van der Waals surface area (Å²) in [7, 11) is 1.81. The second-order valence-electron chi connectivity index (χ2n) is 5.29. The summed E-state index contributed by atoms with van der Waals surface area (Å²) in [6, 6.07) is 2.19. The number of furan rings is 1. The van der Waals surface area contributed by atoms with Crippen molar-refractivity contribution in [3.8, 4) is 0 Å². The van der Waals surface area contributed by atoms with Crippen LogP contribution in [0.5, 0.6) is 0 Å². The van der Waals surface area contributed by atoms with Gasteiger partial charge in [0.15, 0.2) is 0 Å². The van der Waals surface area contributed by atoms with Crippen molar-refractivity contribution in [2.75, 3.05) is 26.7 Å². The summed E-state index contributed by atoms with van der Waals surface area (Å²) < 4.78 is 11.3. The first-order valence-electron chi connectivity index (χ1n) is 7.27. The van der Waals surface area contributed by atoms with Gasteiger partial charge in [0.25, 0.3) is 0 Å². The van der Waals surface area contributed by atoms with E-state index < -0.39 is 0 Å². The second-order valence-corrected chi connectivity index (χ2v) is 5.29. The molecule has 0 spiro atoms. The van der Waals surface area contributed by atoms with Gasteiger partial charge in [-0.3, -0.25) is 4.90 Å². The first-order chi connectivity index (χ1) is 9.22. The number of aryl methyl sites for hydroxylation is 1. The molecule has 2 rings (SSSR count). The smallest absolute Gasteiger partial charge is 0.118 e. The van der Waals surface area contributed by atoms with E-state index >= 15 is 0 Å². The Balaban J connectivity index is 1.86. The number of ether oxygens (including phenoxy) is 1. The van der Waals surface area contributed by atoms with Crippen molar-refractivity contribution in [2.24, 2.45) is 0 Å². The molecule has 0 unspecified atom stereocenters. The average Bonchev–Trinajstić information content (AvgIpc) is 2.77. The number of piperidine rings is 1. The lowest BCUT2D eigenvalue weighted by Gasteiger charge is -2.30. The lowest BCUT2D eigenvalue weighted by Crippen LogP contribution is -2.36. The summed E-state index contributed by atoms with van der Waals surface area (Å²) in [6.45, 7) is 9.18. The van der Waals surface area contributed by atoms with Gasteiger partial charge in [0.1, 0.15) is 11.5 Å². The quantitative estimate of drug-likeness (QED) is 0.857. The van der Waals surface area contributed by atoms with Gasteiger partial charge >= 0.3 is 0 Å². The highest BCUT2D eigenvalue weighted by molar-refractivity contribution is 5.20. The summed E-state index contributed by atoms with van der Waals surface area (Å²) in [4.78, 5) is 2.45. The van der Waals surface area contributed by atoms with Gasteiger partial charge in [0.05, 0.1) is 12.6 Å². The van der Waals surface area contributed by atoms with E-state index in [-0.39, 0.29) is 0 Å². The first kappa shape index (κ1) is 14.6. The zero-order chi connectivity index (χ0) is 13.7. The van der Waals surface area contributed by atoms with Crippen LogP contribution in [0.1, 0.15) is 36.8 Å². The van der Waals surface area contributed by atoms with E-state index in [0.29, 0.717) is 6.10 Å². The van der Waals surface area contributed by atoms with Crippen molar-refractivity contribution < 1.29 is 9.15 Å². The highest BCUT2D eigenvalue weighted by Crippen LogP contribution is 2.19. The number of hydrogen-bond donors (Lipinski definition) is 1. The zero-order valence-corrected chi connectivity index (χ0v) is 12.4. The molecule has 4 nitrogen and oxygen atoms in total. The van der Waals surface area contributed by atoms with Gasteiger partial charge in [0.2, 0.25) is 0 Å². The minimum Gasteiger partial charge on any atom is -0.465 e. The molecular weight excluding hydrogens is 240 g/mol. The molecule has 1 saturated heterocycles. The maximum atomic E-state index is 5.85. The molecule has 0 radical (unpaired) electrons. The van der Waals surface area contributed by atoms with E-state index in [9.17, 15) is 0 Å². The SMILES string of the molecule is CCNCc1cc(CN2CCC(OC)CC2)oc1C. The van der Waals surface area contributed by atoms with Crippen LogP contribution < -0.4 is 5.32 Å². The van der Waals surface area contributed by atoms with Crippen molar-refractivity contribution in [1.29, 1.82) is 0 Å². The van der Waals surface area contributed by atoms with E-state index in [1.54, 1.807) is 0 Å². The number of nitrogens with one attached hydrogen (secondary N) is 1. The molecule has 1 aromatic heterocycles. The topological polar surface area (TPSA) is 37.6 Å². The minimum absolute atomic E-state index is 0.443. The van der Waals surface area contributed by atoms with Crippen LogP contribution >= 0.6 is 0 Å². The molecule has 1 aromatic rings. The Hall–Kier alpha value is -0.840. The predicted octanol–water partition coefficient (Wildman–Crippen LogP) is 2.31. The van der Waals surface area contributed by atoms with Gasteiger partial charge in [-0.25, -0.2) is 0 Å². The van der Waals surface area contributed by atoms with E-state index in [1.807, 2.05) is 14.0 Å². The Kier molecular flexibility index (Phi) is 5.43. The van der Waals surface area contributed by atoms with Crippen molar-refractivity contribution >= 4 is 0 Å². The third-order valence-corrected chi connectivity index (χ3v) is 3.88. The monoisotopic (exact) mass is 266 g/mol. The van der Waals surface area contributed by atoms with Crippen LogP contribution in [0.15, 0.2) is 10.5 Å². The maximum absolute atomic E-state index is 5.85. The normalized spacial score (nSPS) is 18.1. The van der Waals surface area contributed by atoms with Gasteiger partial charge in [-0.2, -0.15) is 0 Å². The van der Waals surface area contributed by atoms with Crippen LogP contribution in [0.3, 0.4) is 0 Å². The van der Waals surface area contributed by atoms with E-state index in [4.69, 9.17) is 9.15 Å². The lowest BCUT2D eigenvalue weighted by atomic mass is 10.1. The fraction of sp³-hybridized carbons (Fsp3) is 0.733. The minimum atomic E-state index is 0.443. The molecule has 1 aliphatic rings. The molecule has 2 heterocycles. The maximum Gasteiger partial charge on any atom is 0.118 e. The molecule has 0 atom stereocenters. The fourth-order valence-corrected chi connectivity index (χ4v) is 2.62. The molecular formula is C15H26N2O2. The highest BCUT2D eigenvalue weighted by atomic mass is 16.5. The number of rotatable bonds is 6. The van der Waals surface area contributed by atoms with Crippen LogP contribution in [0, 0.1) is 6.92 Å². The molecule has 108 valence electrons. The number of nitrogens with zero attached hydrogens (tertiary/aromatic N) is 1. The van der Waals surface area contributed by atoms with Gasteiger partial charge < -0.3 is 14.5 Å². The molecule has 1 N–H and O–H groups in total. The van der Waals surface area contributed by atoms with E-state index in [2.05, 4.69) is 23.2 Å². The summed E-state index contributed by atoms with van der Waals surface area (Å²) in [5.41, 5.74) is 1.28. The van der Waals surface area contributed by atoms with Crippen molar-refractivity contribution in [1.82, 2.24) is 10.2 Å². The summed E-state index contributed by atoms with van der Waals surface area (Å²) in [5, 5.41) is 3.35. The number of methoxy groups -OCH3 is 1. The number of likely N-dealkylation sites (tertiary alicyclic amines) is 1. The lowest BCUT2D eigenvalue weighted by molar-refractivity contribution is 0.0369. The molecule has 1 aliphatic heterocycles. The van der Waals surface area contributed by atoms with E-state index in [1.165, 1.54) is 5.56 Å². The van der Waals surface area contributed by atoms with Crippen LogP contribution in [0.25, 0.3) is 0 Å². The molecule has 0 aliphatic carbocycles.